The molecule has 1 heterocycles. The van der Waals surface area contributed by atoms with Gasteiger partial charge in [0, 0.05) is 31.9 Å². The molecule has 1 aromatic heterocycles. The second-order valence-corrected chi connectivity index (χ2v) is 8.09. The van der Waals surface area contributed by atoms with Gasteiger partial charge in [-0.2, -0.15) is 4.31 Å². The average molecular weight is 407 g/mol. The number of amides is 1. The number of carbonyl (C=O) groups is 1. The molecule has 0 aliphatic heterocycles. The maximum atomic E-state index is 12.6. The molecule has 0 fully saturated rings. The summed E-state index contributed by atoms with van der Waals surface area (Å²) < 4.78 is 27.5. The average Bonchev–Trinajstić information content (AvgIpc) is 2.69. The predicted molar refractivity (Wildman–Crippen MR) is 105 cm³/mol. The van der Waals surface area contributed by atoms with Gasteiger partial charge in [0.2, 0.25) is 15.9 Å². The van der Waals surface area contributed by atoms with Crippen molar-refractivity contribution in [2.24, 2.45) is 0 Å². The molecule has 2 rings (SSSR count). The van der Waals surface area contributed by atoms with E-state index >= 15 is 0 Å². The van der Waals surface area contributed by atoms with Gasteiger partial charge in [-0.3, -0.25) is 9.59 Å². The number of aromatic nitrogens is 1. The standard InChI is InChI=1S/C19H25N3O5S/c1-3-22(4-2)28(26,27)16-10-11-19(25)21(13-16)14-18(24)20-12-17(23)15-8-6-5-7-9-15/h5-11,13,17,23H,3-4,12,14H2,1-2H3,(H,20,24). The van der Waals surface area contributed by atoms with Crippen LogP contribution < -0.4 is 10.9 Å². The highest BCUT2D eigenvalue weighted by atomic mass is 32.2. The number of hydrogen-bond acceptors (Lipinski definition) is 5. The molecule has 2 aromatic rings. The normalized spacial score (nSPS) is 12.7. The van der Waals surface area contributed by atoms with E-state index in [0.717, 1.165) is 10.6 Å². The topological polar surface area (TPSA) is 109 Å². The highest BCUT2D eigenvalue weighted by Gasteiger charge is 2.22. The molecule has 152 valence electrons. The summed E-state index contributed by atoms with van der Waals surface area (Å²) in [5.41, 5.74) is 0.171. The van der Waals surface area contributed by atoms with Gasteiger partial charge in [-0.1, -0.05) is 44.2 Å². The molecule has 1 atom stereocenters. The van der Waals surface area contributed by atoms with Crippen molar-refractivity contribution in [1.82, 2.24) is 14.2 Å². The Morgan fingerprint density at radius 2 is 1.79 bits per heavy atom. The molecule has 9 heteroatoms. The SMILES string of the molecule is CCN(CC)S(=O)(=O)c1ccc(=O)n(CC(=O)NCC(O)c2ccccc2)c1. The number of pyridine rings is 1. The Morgan fingerprint density at radius 1 is 1.14 bits per heavy atom. The van der Waals surface area contributed by atoms with E-state index in [1.165, 1.54) is 16.6 Å². The molecule has 28 heavy (non-hydrogen) atoms. The van der Waals surface area contributed by atoms with Crippen LogP contribution in [0.3, 0.4) is 0 Å². The molecule has 0 aliphatic carbocycles. The maximum Gasteiger partial charge on any atom is 0.251 e. The first-order valence-corrected chi connectivity index (χ1v) is 10.4. The van der Waals surface area contributed by atoms with Gasteiger partial charge in [-0.15, -0.1) is 0 Å². The highest BCUT2D eigenvalue weighted by molar-refractivity contribution is 7.89. The molecule has 2 N–H and O–H groups in total. The van der Waals surface area contributed by atoms with Gasteiger partial charge < -0.3 is 15.0 Å². The minimum absolute atomic E-state index is 0.0188. The largest absolute Gasteiger partial charge is 0.387 e. The minimum Gasteiger partial charge on any atom is -0.387 e. The van der Waals surface area contributed by atoms with Crippen LogP contribution >= 0.6 is 0 Å². The van der Waals surface area contributed by atoms with Crippen molar-refractivity contribution < 1.29 is 18.3 Å². The Hall–Kier alpha value is -2.49. The van der Waals surface area contributed by atoms with Crippen LogP contribution in [-0.2, 0) is 21.4 Å². The van der Waals surface area contributed by atoms with Crippen LogP contribution in [0.25, 0.3) is 0 Å². The number of nitrogens with zero attached hydrogens (tertiary/aromatic N) is 2. The smallest absolute Gasteiger partial charge is 0.251 e. The molecule has 0 bridgehead atoms. The third-order valence-electron chi connectivity index (χ3n) is 4.29. The fourth-order valence-corrected chi connectivity index (χ4v) is 4.19. The molecule has 1 amide bonds. The number of aliphatic hydroxyl groups excluding tert-OH is 1. The van der Waals surface area contributed by atoms with Gasteiger partial charge in [0.05, 0.1) is 11.0 Å². The molecule has 0 aliphatic rings. The van der Waals surface area contributed by atoms with Gasteiger partial charge in [-0.05, 0) is 11.6 Å². The second kappa shape index (κ2) is 9.63. The molecule has 1 aromatic carbocycles. The van der Waals surface area contributed by atoms with Gasteiger partial charge in [0.25, 0.3) is 5.56 Å². The third-order valence-corrected chi connectivity index (χ3v) is 6.32. The van der Waals surface area contributed by atoms with Crippen LogP contribution in [0.1, 0.15) is 25.5 Å². The zero-order valence-corrected chi connectivity index (χ0v) is 16.7. The fourth-order valence-electron chi connectivity index (χ4n) is 2.71. The lowest BCUT2D eigenvalue weighted by Crippen LogP contribution is -2.35. The van der Waals surface area contributed by atoms with Crippen LogP contribution in [0.2, 0.25) is 0 Å². The third kappa shape index (κ3) is 5.28. The van der Waals surface area contributed by atoms with Crippen molar-refractivity contribution in [3.8, 4) is 0 Å². The van der Waals surface area contributed by atoms with Crippen LogP contribution in [0.5, 0.6) is 0 Å². The van der Waals surface area contributed by atoms with Crippen molar-refractivity contribution in [3.63, 3.8) is 0 Å². The number of sulfonamides is 1. The van der Waals surface area contributed by atoms with Gasteiger partial charge in [0.1, 0.15) is 6.54 Å². The van der Waals surface area contributed by atoms with Gasteiger partial charge in [0.15, 0.2) is 0 Å². The molecule has 0 saturated heterocycles. The van der Waals surface area contributed by atoms with E-state index in [1.807, 2.05) is 6.07 Å². The molecule has 8 nitrogen and oxygen atoms in total. The Balaban J connectivity index is 2.09. The molecular weight excluding hydrogens is 382 g/mol. The van der Waals surface area contributed by atoms with E-state index in [0.29, 0.717) is 18.7 Å². The molecule has 0 radical (unpaired) electrons. The lowest BCUT2D eigenvalue weighted by molar-refractivity contribution is -0.122. The monoisotopic (exact) mass is 407 g/mol. The van der Waals surface area contributed by atoms with E-state index < -0.39 is 27.6 Å². The molecule has 0 spiro atoms. The summed E-state index contributed by atoms with van der Waals surface area (Å²) in [6.45, 7) is 3.69. The Labute approximate surface area is 164 Å². The highest BCUT2D eigenvalue weighted by Crippen LogP contribution is 2.14. The second-order valence-electron chi connectivity index (χ2n) is 6.15. The lowest BCUT2D eigenvalue weighted by atomic mass is 10.1. The number of rotatable bonds is 9. The van der Waals surface area contributed by atoms with E-state index in [1.54, 1.807) is 38.1 Å². The fraction of sp³-hybridized carbons (Fsp3) is 0.368. The lowest BCUT2D eigenvalue weighted by Gasteiger charge is -2.19. The quantitative estimate of drug-likeness (QED) is 0.637. The number of carbonyl (C=O) groups excluding carboxylic acids is 1. The first-order valence-electron chi connectivity index (χ1n) is 9.00. The predicted octanol–water partition coefficient (Wildman–Crippen LogP) is 0.729. The Morgan fingerprint density at radius 3 is 2.39 bits per heavy atom. The van der Waals surface area contributed by atoms with E-state index in [9.17, 15) is 23.1 Å². The van der Waals surface area contributed by atoms with Crippen LogP contribution in [0.15, 0.2) is 58.4 Å². The van der Waals surface area contributed by atoms with Crippen LogP contribution in [-0.4, -0.2) is 47.9 Å². The van der Waals surface area contributed by atoms with Crippen molar-refractivity contribution in [2.75, 3.05) is 19.6 Å². The molecule has 1 unspecified atom stereocenters. The van der Waals surface area contributed by atoms with E-state index in [-0.39, 0.29) is 18.0 Å². The summed E-state index contributed by atoms with van der Waals surface area (Å²) in [6.07, 6.45) is 0.291. The first-order chi connectivity index (χ1) is 13.3. The van der Waals surface area contributed by atoms with Gasteiger partial charge in [-0.25, -0.2) is 8.42 Å². The van der Waals surface area contributed by atoms with Crippen LogP contribution in [0, 0.1) is 0 Å². The van der Waals surface area contributed by atoms with Crippen molar-refractivity contribution in [1.29, 1.82) is 0 Å². The van der Waals surface area contributed by atoms with Crippen molar-refractivity contribution in [2.45, 2.75) is 31.4 Å². The summed E-state index contributed by atoms with van der Waals surface area (Å²) >= 11 is 0. The maximum absolute atomic E-state index is 12.6. The van der Waals surface area contributed by atoms with E-state index in [4.69, 9.17) is 0 Å². The zero-order valence-electron chi connectivity index (χ0n) is 15.9. The van der Waals surface area contributed by atoms with Crippen LogP contribution in [0.4, 0.5) is 0 Å². The number of aliphatic hydroxyl groups is 1. The first kappa shape index (κ1) is 21.8. The molecule has 0 saturated carbocycles. The number of nitrogens with one attached hydrogen (secondary N) is 1. The summed E-state index contributed by atoms with van der Waals surface area (Å²) in [5, 5.41) is 12.6. The summed E-state index contributed by atoms with van der Waals surface area (Å²) in [7, 11) is -3.74. The van der Waals surface area contributed by atoms with Crippen molar-refractivity contribution >= 4 is 15.9 Å². The van der Waals surface area contributed by atoms with Crippen molar-refractivity contribution in [3.05, 3.63) is 64.6 Å². The number of hydrogen-bond donors (Lipinski definition) is 2. The summed E-state index contributed by atoms with van der Waals surface area (Å²) in [4.78, 5) is 24.1. The summed E-state index contributed by atoms with van der Waals surface area (Å²) in [6, 6.07) is 11.2. The molecular formula is C19H25N3O5S. The zero-order chi connectivity index (χ0) is 20.7. The summed E-state index contributed by atoms with van der Waals surface area (Å²) in [5.74, 6) is -0.505. The van der Waals surface area contributed by atoms with E-state index in [2.05, 4.69) is 5.32 Å². The minimum atomic E-state index is -3.74. The van der Waals surface area contributed by atoms with Gasteiger partial charge >= 0.3 is 0 Å². The number of benzene rings is 1. The Kier molecular flexibility index (Phi) is 7.50. The Bertz CT molecular complexity index is 953.